The average molecular weight is 308 g/mol. The van der Waals surface area contributed by atoms with Crippen molar-refractivity contribution >= 4 is 22.7 Å². The summed E-state index contributed by atoms with van der Waals surface area (Å²) in [6.07, 6.45) is 7.20. The van der Waals surface area contributed by atoms with Gasteiger partial charge in [-0.05, 0) is 42.9 Å². The number of halogens is 1. The zero-order chi connectivity index (χ0) is 14.8. The molecule has 1 aliphatic carbocycles. The molecule has 2 aromatic rings. The Hall–Kier alpha value is -1.22. The van der Waals surface area contributed by atoms with Gasteiger partial charge in [0, 0.05) is 6.54 Å². The molecule has 1 aliphatic rings. The molecule has 1 atom stereocenters. The summed E-state index contributed by atoms with van der Waals surface area (Å²) in [4.78, 5) is 11.9. The summed E-state index contributed by atoms with van der Waals surface area (Å²) < 4.78 is 7.08. The number of aromatic nitrogens is 1. The van der Waals surface area contributed by atoms with E-state index in [1.165, 1.54) is 32.1 Å². The fraction of sp³-hybridized carbons (Fsp3) is 0.588. The Balaban J connectivity index is 1.92. The molecule has 0 bridgehead atoms. The third kappa shape index (κ3) is 2.89. The van der Waals surface area contributed by atoms with Crippen molar-refractivity contribution < 1.29 is 4.42 Å². The number of aryl methyl sites for hydroxylation is 1. The van der Waals surface area contributed by atoms with E-state index in [0.717, 1.165) is 17.5 Å². The van der Waals surface area contributed by atoms with Gasteiger partial charge in [0.2, 0.25) is 0 Å². The van der Waals surface area contributed by atoms with Crippen molar-refractivity contribution in [1.82, 2.24) is 4.57 Å². The molecule has 114 valence electrons. The van der Waals surface area contributed by atoms with E-state index in [0.29, 0.717) is 18.0 Å². The van der Waals surface area contributed by atoms with Crippen LogP contribution in [-0.4, -0.2) is 4.57 Å². The molecule has 0 radical (unpaired) electrons. The quantitative estimate of drug-likeness (QED) is 0.756. The molecule has 0 amide bonds. The lowest BCUT2D eigenvalue weighted by Gasteiger charge is -2.26. The molecule has 4 heteroatoms. The van der Waals surface area contributed by atoms with E-state index >= 15 is 0 Å². The van der Waals surface area contributed by atoms with Crippen LogP contribution in [0.3, 0.4) is 0 Å². The summed E-state index contributed by atoms with van der Waals surface area (Å²) in [5.74, 6) is 0.273. The van der Waals surface area contributed by atoms with E-state index in [4.69, 9.17) is 16.0 Å². The molecule has 1 aromatic heterocycles. The second-order valence-corrected chi connectivity index (χ2v) is 6.52. The van der Waals surface area contributed by atoms with Gasteiger partial charge in [-0.25, -0.2) is 4.79 Å². The van der Waals surface area contributed by atoms with E-state index < -0.39 is 0 Å². The van der Waals surface area contributed by atoms with Crippen molar-refractivity contribution in [1.29, 1.82) is 0 Å². The van der Waals surface area contributed by atoms with Crippen LogP contribution >= 0.6 is 11.6 Å². The molecule has 1 unspecified atom stereocenters. The molecule has 3 nitrogen and oxygen atoms in total. The summed E-state index contributed by atoms with van der Waals surface area (Å²) in [5, 5.41) is 0.0227. The smallest absolute Gasteiger partial charge is 0.408 e. The van der Waals surface area contributed by atoms with E-state index in [1.54, 1.807) is 4.57 Å². The Kier molecular flexibility index (Phi) is 4.39. The monoisotopic (exact) mass is 307 g/mol. The zero-order valence-corrected chi connectivity index (χ0v) is 13.2. The van der Waals surface area contributed by atoms with E-state index in [-0.39, 0.29) is 11.1 Å². The molecule has 1 heterocycles. The van der Waals surface area contributed by atoms with Crippen molar-refractivity contribution in [2.75, 3.05) is 0 Å². The van der Waals surface area contributed by atoms with Crippen LogP contribution in [0.2, 0.25) is 0 Å². The van der Waals surface area contributed by atoms with Crippen LogP contribution in [0.4, 0.5) is 0 Å². The number of fused-ring (bicyclic) bond motifs is 1. The highest BCUT2D eigenvalue weighted by molar-refractivity contribution is 6.21. The van der Waals surface area contributed by atoms with Crippen LogP contribution in [0.25, 0.3) is 11.1 Å². The summed E-state index contributed by atoms with van der Waals surface area (Å²) in [7, 11) is 0. The molecule has 0 spiro atoms. The van der Waals surface area contributed by atoms with Gasteiger partial charge in [-0.15, -0.1) is 11.6 Å². The average Bonchev–Trinajstić information content (AvgIpc) is 2.83. The highest BCUT2D eigenvalue weighted by Crippen LogP contribution is 2.39. The minimum absolute atomic E-state index is 0.0227. The third-order valence-electron chi connectivity index (χ3n) is 4.52. The Bertz CT molecular complexity index is 667. The van der Waals surface area contributed by atoms with Gasteiger partial charge in [0.15, 0.2) is 5.58 Å². The standard InChI is InChI=1S/C17H22ClNO2/c1-2-10-19-14-9-8-13(11-15(14)21-17(19)20)16(18)12-6-4-3-5-7-12/h8-9,11-12,16H,2-7,10H2,1H3. The fourth-order valence-electron chi connectivity index (χ4n) is 3.39. The van der Waals surface area contributed by atoms with Gasteiger partial charge in [-0.3, -0.25) is 4.57 Å². The Morgan fingerprint density at radius 2 is 2.10 bits per heavy atom. The molecule has 1 aromatic carbocycles. The van der Waals surface area contributed by atoms with Gasteiger partial charge in [0.05, 0.1) is 10.9 Å². The Labute approximate surface area is 129 Å². The zero-order valence-electron chi connectivity index (χ0n) is 12.5. The van der Waals surface area contributed by atoms with Crippen LogP contribution in [-0.2, 0) is 6.54 Å². The highest BCUT2D eigenvalue weighted by Gasteiger charge is 2.24. The highest BCUT2D eigenvalue weighted by atomic mass is 35.5. The second kappa shape index (κ2) is 6.27. The van der Waals surface area contributed by atoms with Crippen LogP contribution in [0, 0.1) is 5.92 Å². The van der Waals surface area contributed by atoms with Crippen molar-refractivity contribution in [2.24, 2.45) is 5.92 Å². The molecule has 21 heavy (non-hydrogen) atoms. The van der Waals surface area contributed by atoms with Gasteiger partial charge in [-0.1, -0.05) is 32.3 Å². The van der Waals surface area contributed by atoms with Crippen LogP contribution in [0.5, 0.6) is 0 Å². The molecule has 0 aliphatic heterocycles. The number of oxazole rings is 1. The first-order chi connectivity index (χ1) is 10.2. The fourth-order valence-corrected chi connectivity index (χ4v) is 3.78. The molecular weight excluding hydrogens is 286 g/mol. The number of hydrogen-bond acceptors (Lipinski definition) is 2. The number of rotatable bonds is 4. The third-order valence-corrected chi connectivity index (χ3v) is 5.13. The van der Waals surface area contributed by atoms with Crippen LogP contribution in [0.1, 0.15) is 56.4 Å². The largest absolute Gasteiger partial charge is 0.419 e. The SMILES string of the molecule is CCCn1c(=O)oc2cc(C(Cl)C3CCCCC3)ccc21. The van der Waals surface area contributed by atoms with Gasteiger partial charge in [-0.2, -0.15) is 0 Å². The van der Waals surface area contributed by atoms with Gasteiger partial charge in [0.1, 0.15) is 0 Å². The first-order valence-corrected chi connectivity index (χ1v) is 8.41. The molecule has 0 saturated heterocycles. The van der Waals surface area contributed by atoms with Crippen molar-refractivity contribution in [3.05, 3.63) is 34.3 Å². The minimum atomic E-state index is -0.271. The topological polar surface area (TPSA) is 35.1 Å². The molecule has 0 N–H and O–H groups in total. The first-order valence-electron chi connectivity index (χ1n) is 7.98. The number of benzene rings is 1. The summed E-state index contributed by atoms with van der Waals surface area (Å²) in [5.41, 5.74) is 2.61. The van der Waals surface area contributed by atoms with Gasteiger partial charge >= 0.3 is 5.76 Å². The number of alkyl halides is 1. The van der Waals surface area contributed by atoms with E-state index in [1.807, 2.05) is 12.1 Å². The Morgan fingerprint density at radius 1 is 1.33 bits per heavy atom. The minimum Gasteiger partial charge on any atom is -0.408 e. The summed E-state index contributed by atoms with van der Waals surface area (Å²) >= 11 is 6.67. The van der Waals surface area contributed by atoms with Crippen molar-refractivity contribution in [3.8, 4) is 0 Å². The predicted octanol–water partition coefficient (Wildman–Crippen LogP) is 4.86. The molecule has 1 fully saturated rings. The maximum atomic E-state index is 11.9. The summed E-state index contributed by atoms with van der Waals surface area (Å²) in [6, 6.07) is 5.98. The lowest BCUT2D eigenvalue weighted by molar-refractivity contribution is 0.348. The Morgan fingerprint density at radius 3 is 2.81 bits per heavy atom. The normalized spacial score (nSPS) is 18.2. The van der Waals surface area contributed by atoms with E-state index in [9.17, 15) is 4.79 Å². The molecule has 3 rings (SSSR count). The maximum Gasteiger partial charge on any atom is 0.419 e. The molecular formula is C17H22ClNO2. The number of nitrogens with zero attached hydrogens (tertiary/aromatic N) is 1. The number of hydrogen-bond donors (Lipinski definition) is 0. The second-order valence-electron chi connectivity index (χ2n) is 6.05. The summed E-state index contributed by atoms with van der Waals surface area (Å²) in [6.45, 7) is 2.75. The predicted molar refractivity (Wildman–Crippen MR) is 85.9 cm³/mol. The van der Waals surface area contributed by atoms with Gasteiger partial charge in [0.25, 0.3) is 0 Å². The molecule has 1 saturated carbocycles. The van der Waals surface area contributed by atoms with Crippen LogP contribution in [0.15, 0.2) is 27.4 Å². The first kappa shape index (κ1) is 14.7. The van der Waals surface area contributed by atoms with Gasteiger partial charge < -0.3 is 4.42 Å². The van der Waals surface area contributed by atoms with Crippen molar-refractivity contribution in [2.45, 2.75) is 57.4 Å². The lowest BCUT2D eigenvalue weighted by Crippen LogP contribution is -2.13. The maximum absolute atomic E-state index is 11.9. The van der Waals surface area contributed by atoms with Crippen LogP contribution < -0.4 is 5.76 Å². The van der Waals surface area contributed by atoms with E-state index in [2.05, 4.69) is 13.0 Å². The van der Waals surface area contributed by atoms with Crippen molar-refractivity contribution in [3.63, 3.8) is 0 Å². The lowest BCUT2D eigenvalue weighted by atomic mass is 9.84.